The van der Waals surface area contributed by atoms with Gasteiger partial charge >= 0.3 is 5.97 Å². The molecule has 13 heavy (non-hydrogen) atoms. The van der Waals surface area contributed by atoms with E-state index in [0.717, 1.165) is 0 Å². The first kappa shape index (κ1) is 9.40. The second-order valence-electron chi connectivity index (χ2n) is 2.40. The van der Waals surface area contributed by atoms with Crippen LogP contribution in [0.5, 0.6) is 0 Å². The summed E-state index contributed by atoms with van der Waals surface area (Å²) in [5, 5.41) is 0. The smallest absolute Gasteiger partial charge is 0.394 e. The molecule has 0 unspecified atom stereocenters. The third-order valence-corrected chi connectivity index (χ3v) is 1.39. The average molecular weight is 184 g/mol. The number of nitrogens with two attached hydrogens (primary N) is 1. The molecule has 0 radical (unpaired) electrons. The molecule has 0 amide bonds. The molecule has 0 bridgehead atoms. The first-order valence-corrected chi connectivity index (χ1v) is 3.45. The normalized spacial score (nSPS) is 9.77. The van der Waals surface area contributed by atoms with E-state index in [-0.39, 0.29) is 23.1 Å². The highest BCUT2D eigenvalue weighted by Gasteiger charge is 2.19. The topological polar surface area (TPSA) is 95.4 Å². The highest BCUT2D eigenvalue weighted by molar-refractivity contribution is 5.92. The van der Waals surface area contributed by atoms with Gasteiger partial charge in [0.2, 0.25) is 11.5 Å². The predicted molar refractivity (Wildman–Crippen MR) is 40.8 cm³/mol. The number of rotatable bonds is 2. The standard InChI is InChI=1S/C7H8N2O4/c1-3-5(7(11)13-8)12-6(9-3)4(2)10/h8H2,1-2H3. The van der Waals surface area contributed by atoms with Gasteiger partial charge in [-0.2, -0.15) is 5.90 Å². The summed E-state index contributed by atoms with van der Waals surface area (Å²) in [5.41, 5.74) is 0.278. The van der Waals surface area contributed by atoms with Crippen LogP contribution in [0.1, 0.15) is 33.9 Å². The molecular weight excluding hydrogens is 176 g/mol. The summed E-state index contributed by atoms with van der Waals surface area (Å²) in [6, 6.07) is 0. The highest BCUT2D eigenvalue weighted by atomic mass is 16.7. The minimum Gasteiger partial charge on any atom is -0.426 e. The fourth-order valence-electron chi connectivity index (χ4n) is 0.790. The molecule has 1 rings (SSSR count). The quantitative estimate of drug-likeness (QED) is 0.521. The zero-order valence-corrected chi connectivity index (χ0v) is 7.16. The van der Waals surface area contributed by atoms with Gasteiger partial charge in [-0.15, -0.1) is 0 Å². The Hall–Kier alpha value is -1.69. The van der Waals surface area contributed by atoms with E-state index in [0.29, 0.717) is 0 Å². The molecule has 2 N–H and O–H groups in total. The van der Waals surface area contributed by atoms with E-state index in [9.17, 15) is 9.59 Å². The van der Waals surface area contributed by atoms with Crippen molar-refractivity contribution >= 4 is 11.8 Å². The van der Waals surface area contributed by atoms with Crippen molar-refractivity contribution in [3.05, 3.63) is 17.3 Å². The van der Waals surface area contributed by atoms with Crippen LogP contribution in [0.2, 0.25) is 0 Å². The molecule has 1 aromatic heterocycles. The lowest BCUT2D eigenvalue weighted by molar-refractivity contribution is 0.0464. The molecule has 0 saturated carbocycles. The Bertz CT molecular complexity index is 355. The summed E-state index contributed by atoms with van der Waals surface area (Å²) in [5.74, 6) is 3.15. The summed E-state index contributed by atoms with van der Waals surface area (Å²) in [4.78, 5) is 29.3. The van der Waals surface area contributed by atoms with Gasteiger partial charge in [-0.05, 0) is 6.92 Å². The maximum Gasteiger partial charge on any atom is 0.394 e. The minimum atomic E-state index is -0.850. The van der Waals surface area contributed by atoms with Crippen LogP contribution in [-0.2, 0) is 4.84 Å². The van der Waals surface area contributed by atoms with Crippen LogP contribution < -0.4 is 5.90 Å². The maximum atomic E-state index is 10.9. The lowest BCUT2D eigenvalue weighted by Gasteiger charge is -1.91. The number of carbonyl (C=O) groups is 2. The SMILES string of the molecule is CC(=O)c1nc(C)c(C(=O)ON)o1. The van der Waals surface area contributed by atoms with Crippen molar-refractivity contribution in [2.75, 3.05) is 0 Å². The summed E-state index contributed by atoms with van der Waals surface area (Å²) in [6.45, 7) is 2.80. The molecule has 0 spiro atoms. The van der Waals surface area contributed by atoms with Crippen LogP contribution in [-0.4, -0.2) is 16.7 Å². The third kappa shape index (κ3) is 1.73. The number of nitrogens with zero attached hydrogens (tertiary/aromatic N) is 1. The van der Waals surface area contributed by atoms with E-state index < -0.39 is 5.97 Å². The van der Waals surface area contributed by atoms with Crippen molar-refractivity contribution in [1.29, 1.82) is 0 Å². The molecule has 0 aliphatic rings. The molecule has 0 aliphatic carbocycles. The summed E-state index contributed by atoms with van der Waals surface area (Å²) >= 11 is 0. The fourth-order valence-corrected chi connectivity index (χ4v) is 0.790. The number of ketones is 1. The molecule has 0 fully saturated rings. The molecule has 1 aromatic rings. The van der Waals surface area contributed by atoms with Crippen molar-refractivity contribution in [3.63, 3.8) is 0 Å². The second-order valence-corrected chi connectivity index (χ2v) is 2.40. The van der Waals surface area contributed by atoms with Crippen LogP contribution in [0.15, 0.2) is 4.42 Å². The number of Topliss-reactive ketones (excluding diaryl/α,β-unsaturated/α-hetero) is 1. The van der Waals surface area contributed by atoms with Crippen LogP contribution in [0, 0.1) is 6.92 Å². The van der Waals surface area contributed by atoms with Crippen LogP contribution in [0.25, 0.3) is 0 Å². The molecule has 0 aromatic carbocycles. The molecule has 6 nitrogen and oxygen atoms in total. The molecule has 0 aliphatic heterocycles. The van der Waals surface area contributed by atoms with Crippen molar-refractivity contribution in [3.8, 4) is 0 Å². The van der Waals surface area contributed by atoms with Gasteiger partial charge in [0, 0.05) is 6.92 Å². The van der Waals surface area contributed by atoms with E-state index in [1.807, 2.05) is 0 Å². The lowest BCUT2D eigenvalue weighted by atomic mass is 10.4. The second kappa shape index (κ2) is 3.36. The fraction of sp³-hybridized carbons (Fsp3) is 0.286. The van der Waals surface area contributed by atoms with Crippen LogP contribution in [0.3, 0.4) is 0 Å². The van der Waals surface area contributed by atoms with Gasteiger partial charge in [0.1, 0.15) is 0 Å². The largest absolute Gasteiger partial charge is 0.426 e. The van der Waals surface area contributed by atoms with Gasteiger partial charge in [-0.25, -0.2) is 9.78 Å². The van der Waals surface area contributed by atoms with Gasteiger partial charge < -0.3 is 9.25 Å². The van der Waals surface area contributed by atoms with Crippen molar-refractivity contribution in [2.45, 2.75) is 13.8 Å². The van der Waals surface area contributed by atoms with E-state index >= 15 is 0 Å². The average Bonchev–Trinajstić information content (AvgIpc) is 2.46. The van der Waals surface area contributed by atoms with E-state index in [2.05, 4.69) is 15.7 Å². The lowest BCUT2D eigenvalue weighted by Crippen LogP contribution is -2.10. The Labute approximate surface area is 73.6 Å². The number of aryl methyl sites for hydroxylation is 1. The number of oxazole rings is 1. The molecule has 6 heteroatoms. The van der Waals surface area contributed by atoms with Crippen molar-refractivity contribution < 1.29 is 18.8 Å². The van der Waals surface area contributed by atoms with Gasteiger partial charge in [0.15, 0.2) is 0 Å². The van der Waals surface area contributed by atoms with E-state index in [4.69, 9.17) is 4.42 Å². The van der Waals surface area contributed by atoms with E-state index in [1.165, 1.54) is 13.8 Å². The molecular formula is C7H8N2O4. The van der Waals surface area contributed by atoms with Gasteiger partial charge in [-0.1, -0.05) is 0 Å². The third-order valence-electron chi connectivity index (χ3n) is 1.39. The maximum absolute atomic E-state index is 10.9. The number of carbonyl (C=O) groups excluding carboxylic acids is 2. The van der Waals surface area contributed by atoms with Crippen molar-refractivity contribution in [2.24, 2.45) is 5.90 Å². The zero-order valence-electron chi connectivity index (χ0n) is 7.16. The highest BCUT2D eigenvalue weighted by Crippen LogP contribution is 2.11. The Morgan fingerprint density at radius 1 is 1.54 bits per heavy atom. The molecule has 0 atom stereocenters. The number of aromatic nitrogens is 1. The molecule has 0 saturated heterocycles. The first-order chi connectivity index (χ1) is 6.06. The number of hydrogen-bond acceptors (Lipinski definition) is 6. The minimum absolute atomic E-state index is 0.127. The number of hydrogen-bond donors (Lipinski definition) is 1. The van der Waals surface area contributed by atoms with Gasteiger partial charge in [-0.3, -0.25) is 4.79 Å². The zero-order chi connectivity index (χ0) is 10.0. The Morgan fingerprint density at radius 3 is 2.54 bits per heavy atom. The van der Waals surface area contributed by atoms with Crippen molar-refractivity contribution in [1.82, 2.24) is 4.98 Å². The van der Waals surface area contributed by atoms with Crippen LogP contribution >= 0.6 is 0 Å². The summed E-state index contributed by atoms with van der Waals surface area (Å²) in [6.07, 6.45) is 0. The first-order valence-electron chi connectivity index (χ1n) is 3.45. The van der Waals surface area contributed by atoms with Gasteiger partial charge in [0.05, 0.1) is 5.69 Å². The Morgan fingerprint density at radius 2 is 2.15 bits per heavy atom. The van der Waals surface area contributed by atoms with Crippen LogP contribution in [0.4, 0.5) is 0 Å². The Balaban J connectivity index is 3.10. The monoisotopic (exact) mass is 184 g/mol. The summed E-state index contributed by atoms with van der Waals surface area (Å²) in [7, 11) is 0. The van der Waals surface area contributed by atoms with E-state index in [1.54, 1.807) is 0 Å². The molecule has 70 valence electrons. The Kier molecular flexibility index (Phi) is 2.43. The van der Waals surface area contributed by atoms with Gasteiger partial charge in [0.25, 0.3) is 5.89 Å². The predicted octanol–water partition coefficient (Wildman–Crippen LogP) is 0.216. The molecule has 1 heterocycles. The summed E-state index contributed by atoms with van der Waals surface area (Å²) < 4.78 is 4.81.